The molecule has 1 rings (SSSR count). The Kier molecular flexibility index (Phi) is 4.67. The molecule has 0 aliphatic heterocycles. The van der Waals surface area contributed by atoms with Crippen LogP contribution in [0, 0.1) is 0 Å². The number of halogens is 1. The summed E-state index contributed by atoms with van der Waals surface area (Å²) in [6, 6.07) is 6.50. The molecule has 18 heavy (non-hydrogen) atoms. The van der Waals surface area contributed by atoms with E-state index in [1.807, 2.05) is 0 Å². The number of hydrogen-bond acceptors (Lipinski definition) is 3. The molecular formula is C13H14BrNO3. The average molecular weight is 312 g/mol. The van der Waals surface area contributed by atoms with Crippen LogP contribution in [0.25, 0.3) is 0 Å². The third-order valence-electron chi connectivity index (χ3n) is 2.00. The minimum Gasteiger partial charge on any atom is -0.426 e. The molecule has 1 aromatic carbocycles. The van der Waals surface area contributed by atoms with Crippen LogP contribution in [0.5, 0.6) is 5.75 Å². The van der Waals surface area contributed by atoms with E-state index in [2.05, 4.69) is 27.8 Å². The topological polar surface area (TPSA) is 55.4 Å². The highest BCUT2D eigenvalue weighted by molar-refractivity contribution is 9.10. The zero-order valence-electron chi connectivity index (χ0n) is 10.2. The number of carbonyl (C=O) groups is 2. The van der Waals surface area contributed by atoms with Gasteiger partial charge in [-0.3, -0.25) is 9.59 Å². The lowest BCUT2D eigenvalue weighted by Crippen LogP contribution is -2.29. The Morgan fingerprint density at radius 1 is 1.33 bits per heavy atom. The Hall–Kier alpha value is -1.62. The summed E-state index contributed by atoms with van der Waals surface area (Å²) in [6.45, 7) is 6.76. The van der Waals surface area contributed by atoms with Gasteiger partial charge in [-0.25, -0.2) is 0 Å². The first-order valence-corrected chi connectivity index (χ1v) is 6.07. The Morgan fingerprint density at radius 2 is 1.89 bits per heavy atom. The summed E-state index contributed by atoms with van der Waals surface area (Å²) >= 11 is 3.22. The van der Waals surface area contributed by atoms with Crippen LogP contribution in [-0.2, 0) is 9.59 Å². The number of esters is 1. The molecule has 5 heteroatoms. The smallest absolute Gasteiger partial charge is 0.327 e. The van der Waals surface area contributed by atoms with E-state index in [9.17, 15) is 9.59 Å². The summed E-state index contributed by atoms with van der Waals surface area (Å²) in [7, 11) is 0. The number of carbonyl (C=O) groups excluding carboxylic acids is 2. The maximum atomic E-state index is 11.6. The molecular weight excluding hydrogens is 298 g/mol. The van der Waals surface area contributed by atoms with Gasteiger partial charge in [-0.2, -0.15) is 0 Å². The molecule has 0 saturated carbocycles. The molecule has 0 atom stereocenters. The van der Waals surface area contributed by atoms with Gasteiger partial charge in [-0.05, 0) is 44.2 Å². The van der Waals surface area contributed by atoms with Crippen molar-refractivity contribution in [1.82, 2.24) is 0 Å². The number of ether oxygens (including phenoxy) is 1. The van der Waals surface area contributed by atoms with Crippen molar-refractivity contribution in [3.05, 3.63) is 36.9 Å². The van der Waals surface area contributed by atoms with Crippen molar-refractivity contribution in [1.29, 1.82) is 0 Å². The minimum atomic E-state index is -0.733. The zero-order valence-corrected chi connectivity index (χ0v) is 11.8. The SMILES string of the molecule is C=CC(=O)Nc1ccc(OC(=O)C(C)(C)Br)cc1. The van der Waals surface area contributed by atoms with E-state index in [0.717, 1.165) is 0 Å². The van der Waals surface area contributed by atoms with Gasteiger partial charge in [0.1, 0.15) is 10.1 Å². The van der Waals surface area contributed by atoms with E-state index in [1.165, 1.54) is 6.08 Å². The van der Waals surface area contributed by atoms with Crippen LogP contribution in [0.3, 0.4) is 0 Å². The largest absolute Gasteiger partial charge is 0.426 e. The highest BCUT2D eigenvalue weighted by Crippen LogP contribution is 2.21. The van der Waals surface area contributed by atoms with Crippen LogP contribution in [0.4, 0.5) is 5.69 Å². The lowest BCUT2D eigenvalue weighted by atomic mass is 10.2. The maximum Gasteiger partial charge on any atom is 0.327 e. The molecule has 0 heterocycles. The monoisotopic (exact) mass is 311 g/mol. The van der Waals surface area contributed by atoms with Crippen molar-refractivity contribution in [3.63, 3.8) is 0 Å². The summed E-state index contributed by atoms with van der Waals surface area (Å²) < 4.78 is 4.41. The molecule has 1 aromatic rings. The molecule has 0 aliphatic rings. The normalized spacial score (nSPS) is 10.6. The number of rotatable bonds is 4. The molecule has 0 unspecified atom stereocenters. The second kappa shape index (κ2) is 5.82. The molecule has 0 spiro atoms. The summed E-state index contributed by atoms with van der Waals surface area (Å²) in [5.74, 6) is -0.254. The lowest BCUT2D eigenvalue weighted by molar-refractivity contribution is -0.136. The standard InChI is InChI=1S/C13H14BrNO3/c1-4-11(16)15-9-5-7-10(8-6-9)18-12(17)13(2,3)14/h4-8H,1H2,2-3H3,(H,15,16). The van der Waals surface area contributed by atoms with Crippen molar-refractivity contribution < 1.29 is 14.3 Å². The first-order chi connectivity index (χ1) is 8.32. The number of alkyl halides is 1. The van der Waals surface area contributed by atoms with Gasteiger partial charge in [0.15, 0.2) is 0 Å². The summed E-state index contributed by atoms with van der Waals surface area (Å²) in [5.41, 5.74) is 0.609. The molecule has 0 radical (unpaired) electrons. The van der Waals surface area contributed by atoms with Crippen molar-refractivity contribution in [2.45, 2.75) is 18.2 Å². The lowest BCUT2D eigenvalue weighted by Gasteiger charge is -2.14. The van der Waals surface area contributed by atoms with Crippen molar-refractivity contribution in [3.8, 4) is 5.75 Å². The van der Waals surface area contributed by atoms with E-state index in [4.69, 9.17) is 4.74 Å². The van der Waals surface area contributed by atoms with Crippen molar-refractivity contribution in [2.24, 2.45) is 0 Å². The van der Waals surface area contributed by atoms with Crippen LogP contribution in [-0.4, -0.2) is 16.2 Å². The third kappa shape index (κ3) is 4.33. The third-order valence-corrected chi connectivity index (χ3v) is 2.33. The molecule has 1 amide bonds. The van der Waals surface area contributed by atoms with Gasteiger partial charge in [0, 0.05) is 5.69 Å². The molecule has 0 fully saturated rings. The molecule has 4 nitrogen and oxygen atoms in total. The molecule has 1 N–H and O–H groups in total. The zero-order chi connectivity index (χ0) is 13.8. The number of anilines is 1. The fraction of sp³-hybridized carbons (Fsp3) is 0.231. The fourth-order valence-corrected chi connectivity index (χ4v) is 1.11. The van der Waals surface area contributed by atoms with Crippen LogP contribution < -0.4 is 10.1 Å². The second-order valence-electron chi connectivity index (χ2n) is 4.08. The predicted molar refractivity (Wildman–Crippen MR) is 73.9 cm³/mol. The average Bonchev–Trinajstić information content (AvgIpc) is 2.30. The van der Waals surface area contributed by atoms with Gasteiger partial charge in [-0.1, -0.05) is 22.5 Å². The predicted octanol–water partition coefficient (Wildman–Crippen LogP) is 2.89. The van der Waals surface area contributed by atoms with Crippen molar-refractivity contribution in [2.75, 3.05) is 5.32 Å². The van der Waals surface area contributed by atoms with Crippen LogP contribution in [0.2, 0.25) is 0 Å². The summed E-state index contributed by atoms with van der Waals surface area (Å²) in [5, 5.41) is 2.60. The van der Waals surface area contributed by atoms with Crippen LogP contribution in [0.1, 0.15) is 13.8 Å². The molecule has 0 aliphatic carbocycles. The second-order valence-corrected chi connectivity index (χ2v) is 6.06. The van der Waals surface area contributed by atoms with E-state index < -0.39 is 4.32 Å². The highest BCUT2D eigenvalue weighted by atomic mass is 79.9. The molecule has 96 valence electrons. The summed E-state index contributed by atoms with van der Waals surface area (Å²) in [6.07, 6.45) is 1.18. The van der Waals surface area contributed by atoms with Gasteiger partial charge in [0.2, 0.25) is 5.91 Å². The Morgan fingerprint density at radius 3 is 2.33 bits per heavy atom. The highest BCUT2D eigenvalue weighted by Gasteiger charge is 2.25. The van der Waals surface area contributed by atoms with Gasteiger partial charge in [0.05, 0.1) is 0 Å². The quantitative estimate of drug-likeness (QED) is 0.402. The van der Waals surface area contributed by atoms with Crippen LogP contribution in [0.15, 0.2) is 36.9 Å². The van der Waals surface area contributed by atoms with Gasteiger partial charge in [0.25, 0.3) is 0 Å². The Bertz CT molecular complexity index is 460. The van der Waals surface area contributed by atoms with Crippen LogP contribution >= 0.6 is 15.9 Å². The first kappa shape index (κ1) is 14.4. The first-order valence-electron chi connectivity index (χ1n) is 5.27. The number of benzene rings is 1. The van der Waals surface area contributed by atoms with Gasteiger partial charge >= 0.3 is 5.97 Å². The molecule has 0 aromatic heterocycles. The minimum absolute atomic E-state index is 0.290. The van der Waals surface area contributed by atoms with E-state index in [1.54, 1.807) is 38.1 Å². The number of hydrogen-bond donors (Lipinski definition) is 1. The molecule has 0 saturated heterocycles. The summed E-state index contributed by atoms with van der Waals surface area (Å²) in [4.78, 5) is 22.6. The van der Waals surface area contributed by atoms with Gasteiger partial charge in [-0.15, -0.1) is 0 Å². The van der Waals surface area contributed by atoms with Gasteiger partial charge < -0.3 is 10.1 Å². The number of nitrogens with one attached hydrogen (secondary N) is 1. The van der Waals surface area contributed by atoms with E-state index in [-0.39, 0.29) is 11.9 Å². The van der Waals surface area contributed by atoms with Crippen molar-refractivity contribution >= 4 is 33.5 Å². The number of amides is 1. The maximum absolute atomic E-state index is 11.6. The fourth-order valence-electron chi connectivity index (χ4n) is 1.03. The van der Waals surface area contributed by atoms with E-state index in [0.29, 0.717) is 11.4 Å². The molecule has 0 bridgehead atoms. The Labute approximate surface area is 114 Å². The van der Waals surface area contributed by atoms with E-state index >= 15 is 0 Å². The Balaban J connectivity index is 2.69.